The van der Waals surface area contributed by atoms with Crippen LogP contribution in [-0.2, 0) is 22.6 Å². The molecule has 250 valence electrons. The SMILES string of the molecule is CCN(Cc1cc(N(COCC[Si](C)(C)C)c2nc(C)cn3c(-c4cnn(CC(=O)Nc5ccncc5F)c4)cnc23)sn1)C(C)C. The van der Waals surface area contributed by atoms with Gasteiger partial charge in [0.15, 0.2) is 17.3 Å². The number of pyridine rings is 1. The van der Waals surface area contributed by atoms with Gasteiger partial charge in [-0.1, -0.05) is 26.6 Å². The summed E-state index contributed by atoms with van der Waals surface area (Å²) >= 11 is 1.43. The van der Waals surface area contributed by atoms with Crippen molar-refractivity contribution in [3.8, 4) is 11.3 Å². The molecule has 0 bridgehead atoms. The third kappa shape index (κ3) is 8.65. The highest BCUT2D eigenvalue weighted by molar-refractivity contribution is 7.10. The van der Waals surface area contributed by atoms with Crippen molar-refractivity contribution in [1.82, 2.24) is 38.4 Å². The summed E-state index contributed by atoms with van der Waals surface area (Å²) < 4.78 is 28.5. The second-order valence-electron chi connectivity index (χ2n) is 13.0. The van der Waals surface area contributed by atoms with E-state index in [2.05, 4.69) is 71.7 Å². The Morgan fingerprint density at radius 3 is 2.72 bits per heavy atom. The van der Waals surface area contributed by atoms with Gasteiger partial charge in [-0.25, -0.2) is 14.4 Å². The number of nitrogens with one attached hydrogen (secondary N) is 1. The zero-order chi connectivity index (χ0) is 33.7. The van der Waals surface area contributed by atoms with Gasteiger partial charge in [-0.2, -0.15) is 9.47 Å². The number of rotatable bonds is 15. The molecule has 0 atom stereocenters. The van der Waals surface area contributed by atoms with Crippen LogP contribution in [0.3, 0.4) is 0 Å². The van der Waals surface area contributed by atoms with E-state index in [0.29, 0.717) is 30.8 Å². The third-order valence-electron chi connectivity index (χ3n) is 7.66. The fourth-order valence-corrected chi connectivity index (χ4v) is 6.52. The van der Waals surface area contributed by atoms with Crippen LogP contribution in [0.4, 0.5) is 20.9 Å². The molecular weight excluding hydrogens is 636 g/mol. The smallest absolute Gasteiger partial charge is 0.246 e. The van der Waals surface area contributed by atoms with Crippen molar-refractivity contribution in [3.63, 3.8) is 0 Å². The molecule has 47 heavy (non-hydrogen) atoms. The van der Waals surface area contributed by atoms with Crippen molar-refractivity contribution < 1.29 is 13.9 Å². The molecular formula is C32H43FN10O2SSi. The monoisotopic (exact) mass is 678 g/mol. The maximum Gasteiger partial charge on any atom is 0.246 e. The lowest BCUT2D eigenvalue weighted by atomic mass is 10.3. The van der Waals surface area contributed by atoms with E-state index in [9.17, 15) is 9.18 Å². The van der Waals surface area contributed by atoms with Crippen molar-refractivity contribution in [2.75, 3.05) is 30.1 Å². The first-order valence-corrected chi connectivity index (χ1v) is 20.2. The number of carbonyl (C=O) groups excluding carboxylic acids is 1. The molecule has 0 unspecified atom stereocenters. The number of aryl methyl sites for hydroxylation is 1. The highest BCUT2D eigenvalue weighted by Gasteiger charge is 2.23. The Balaban J connectivity index is 1.43. The molecule has 0 spiro atoms. The van der Waals surface area contributed by atoms with Gasteiger partial charge in [0.25, 0.3) is 0 Å². The van der Waals surface area contributed by atoms with Gasteiger partial charge in [-0.3, -0.25) is 28.7 Å². The van der Waals surface area contributed by atoms with Crippen LogP contribution in [0, 0.1) is 12.7 Å². The van der Waals surface area contributed by atoms with Crippen LogP contribution >= 0.6 is 11.5 Å². The van der Waals surface area contributed by atoms with Crippen molar-refractivity contribution in [2.45, 2.75) is 72.5 Å². The predicted octanol–water partition coefficient (Wildman–Crippen LogP) is 6.21. The Morgan fingerprint density at radius 2 is 2.00 bits per heavy atom. The average Bonchev–Trinajstić information content (AvgIpc) is 3.76. The van der Waals surface area contributed by atoms with E-state index in [1.54, 1.807) is 18.6 Å². The van der Waals surface area contributed by atoms with Crippen LogP contribution in [-0.4, -0.2) is 78.3 Å². The van der Waals surface area contributed by atoms with Gasteiger partial charge in [0.2, 0.25) is 5.91 Å². The van der Waals surface area contributed by atoms with E-state index in [1.807, 2.05) is 17.5 Å². The number of nitrogens with zero attached hydrogens (tertiary/aromatic N) is 9. The number of amides is 1. The van der Waals surface area contributed by atoms with Gasteiger partial charge < -0.3 is 10.1 Å². The van der Waals surface area contributed by atoms with Crippen LogP contribution in [0.1, 0.15) is 32.2 Å². The largest absolute Gasteiger partial charge is 0.361 e. The van der Waals surface area contributed by atoms with Crippen molar-refractivity contribution >= 4 is 47.7 Å². The second kappa shape index (κ2) is 14.8. The third-order valence-corrected chi connectivity index (χ3v) is 10.2. The van der Waals surface area contributed by atoms with E-state index in [1.165, 1.54) is 28.5 Å². The van der Waals surface area contributed by atoms with Gasteiger partial charge in [-0.15, -0.1) is 0 Å². The number of halogens is 1. The lowest BCUT2D eigenvalue weighted by molar-refractivity contribution is -0.116. The molecule has 0 radical (unpaired) electrons. The number of aromatic nitrogens is 7. The van der Waals surface area contributed by atoms with Crippen molar-refractivity contribution in [3.05, 3.63) is 66.5 Å². The molecule has 0 aromatic carbocycles. The van der Waals surface area contributed by atoms with E-state index in [-0.39, 0.29) is 12.2 Å². The van der Waals surface area contributed by atoms with Crippen LogP contribution in [0.2, 0.25) is 25.7 Å². The summed E-state index contributed by atoms with van der Waals surface area (Å²) in [4.78, 5) is 30.5. The molecule has 0 saturated carbocycles. The summed E-state index contributed by atoms with van der Waals surface area (Å²) in [7, 11) is -1.28. The standard InChI is InChI=1S/C32H43FN10O2SSi/c1-8-40(22(2)3)19-25-13-30(46-39-25)43(21-45-11-12-47(5,6)7)32-31-35-16-28(42(31)17-23(4)37-32)24-14-36-41(18-24)20-29(44)38-27-9-10-34-15-26(27)33/h9-10,13-18,22H,8,11-12,19-21H2,1-7H3,(H,34,38,44). The minimum Gasteiger partial charge on any atom is -0.361 e. The van der Waals surface area contributed by atoms with E-state index in [0.717, 1.165) is 53.0 Å². The predicted molar refractivity (Wildman–Crippen MR) is 186 cm³/mol. The summed E-state index contributed by atoms with van der Waals surface area (Å²) in [6.45, 7) is 18.1. The molecule has 5 rings (SSSR count). The molecule has 5 aromatic rings. The Hall–Kier alpha value is -4.05. The first-order chi connectivity index (χ1) is 22.4. The number of anilines is 3. The number of ether oxygens (including phenoxy) is 1. The molecule has 0 aliphatic carbocycles. The Bertz CT molecular complexity index is 1810. The van der Waals surface area contributed by atoms with Crippen molar-refractivity contribution in [2.24, 2.45) is 0 Å². The Morgan fingerprint density at radius 1 is 1.19 bits per heavy atom. The summed E-state index contributed by atoms with van der Waals surface area (Å²) in [5.74, 6) is -0.341. The topological polar surface area (TPSA) is 119 Å². The molecule has 5 aromatic heterocycles. The molecule has 12 nitrogen and oxygen atoms in total. The highest BCUT2D eigenvalue weighted by Crippen LogP contribution is 2.33. The van der Waals surface area contributed by atoms with E-state index in [4.69, 9.17) is 19.1 Å². The Labute approximate surface area is 279 Å². The quantitative estimate of drug-likeness (QED) is 0.0783. The molecule has 15 heteroatoms. The first kappa shape index (κ1) is 34.3. The fourth-order valence-electron chi connectivity index (χ4n) is 5.01. The molecule has 0 aliphatic heterocycles. The number of fused-ring (bicyclic) bond motifs is 1. The van der Waals surface area contributed by atoms with Crippen LogP contribution in [0.25, 0.3) is 16.9 Å². The zero-order valence-electron chi connectivity index (χ0n) is 28.1. The lowest BCUT2D eigenvalue weighted by Crippen LogP contribution is -2.30. The summed E-state index contributed by atoms with van der Waals surface area (Å²) in [5.41, 5.74) is 4.09. The number of hydrogen-bond donors (Lipinski definition) is 1. The van der Waals surface area contributed by atoms with Gasteiger partial charge in [0.05, 0.1) is 41.4 Å². The first-order valence-electron chi connectivity index (χ1n) is 15.7. The normalized spacial score (nSPS) is 12.0. The number of imidazole rings is 1. The number of carbonyl (C=O) groups is 1. The number of hydrogen-bond acceptors (Lipinski definition) is 10. The summed E-state index contributed by atoms with van der Waals surface area (Å²) in [5, 5.41) is 7.88. The fraction of sp³-hybridized carbons (Fsp3) is 0.438. The molecule has 1 amide bonds. The second-order valence-corrected chi connectivity index (χ2v) is 19.4. The zero-order valence-corrected chi connectivity index (χ0v) is 29.9. The maximum absolute atomic E-state index is 14.0. The van der Waals surface area contributed by atoms with Gasteiger partial charge in [0.1, 0.15) is 18.3 Å². The Kier molecular flexibility index (Phi) is 10.8. The van der Waals surface area contributed by atoms with E-state index >= 15 is 0 Å². The molecule has 5 heterocycles. The van der Waals surface area contributed by atoms with Gasteiger partial charge in [0, 0.05) is 51.4 Å². The van der Waals surface area contributed by atoms with Gasteiger partial charge >= 0.3 is 0 Å². The molecule has 0 aliphatic rings. The van der Waals surface area contributed by atoms with E-state index < -0.39 is 19.8 Å². The van der Waals surface area contributed by atoms with Gasteiger partial charge in [-0.05, 0) is 57.0 Å². The summed E-state index contributed by atoms with van der Waals surface area (Å²) in [6, 6.07) is 5.00. The minimum absolute atomic E-state index is 0.0688. The average molecular weight is 679 g/mol. The molecule has 0 fully saturated rings. The van der Waals surface area contributed by atoms with Crippen LogP contribution < -0.4 is 10.2 Å². The molecule has 1 N–H and O–H groups in total. The van der Waals surface area contributed by atoms with Crippen molar-refractivity contribution in [1.29, 1.82) is 0 Å². The highest BCUT2D eigenvalue weighted by atomic mass is 32.1. The lowest BCUT2D eigenvalue weighted by Gasteiger charge is -2.24. The summed E-state index contributed by atoms with van der Waals surface area (Å²) in [6.07, 6.45) is 9.63. The minimum atomic E-state index is -1.28. The van der Waals surface area contributed by atoms with Crippen LogP contribution in [0.15, 0.2) is 49.3 Å². The molecule has 0 saturated heterocycles. The van der Waals surface area contributed by atoms with Crippen LogP contribution in [0.5, 0.6) is 0 Å². The maximum atomic E-state index is 14.0.